The lowest BCUT2D eigenvalue weighted by Gasteiger charge is -2.16. The Morgan fingerprint density at radius 3 is 2.51 bits per heavy atom. The minimum absolute atomic E-state index is 0.00961. The van der Waals surface area contributed by atoms with Crippen molar-refractivity contribution < 1.29 is 28.8 Å². The van der Waals surface area contributed by atoms with E-state index in [0.717, 1.165) is 32.7 Å². The number of nitrogens with one attached hydrogen (secondary N) is 2. The molecule has 0 saturated carbocycles. The fourth-order valence-electron chi connectivity index (χ4n) is 5.38. The van der Waals surface area contributed by atoms with Crippen LogP contribution in [-0.4, -0.2) is 64.8 Å². The van der Waals surface area contributed by atoms with E-state index in [-0.39, 0.29) is 60.6 Å². The van der Waals surface area contributed by atoms with Gasteiger partial charge in [-0.3, -0.25) is 29.4 Å². The molecular formula is C31H30N4O7S. The molecule has 2 N–H and O–H groups in total. The Kier molecular flexibility index (Phi) is 9.05. The van der Waals surface area contributed by atoms with Crippen molar-refractivity contribution in [3.8, 4) is 11.1 Å². The highest BCUT2D eigenvalue weighted by Crippen LogP contribution is 2.45. The summed E-state index contributed by atoms with van der Waals surface area (Å²) in [6.45, 7) is 0.421. The van der Waals surface area contributed by atoms with Crippen LogP contribution in [0, 0.1) is 10.1 Å². The first-order valence-electron chi connectivity index (χ1n) is 13.8. The molecule has 1 aliphatic carbocycles. The van der Waals surface area contributed by atoms with Crippen molar-refractivity contribution in [3.05, 3.63) is 93.5 Å². The van der Waals surface area contributed by atoms with E-state index in [1.807, 2.05) is 36.4 Å². The molecule has 1 aliphatic heterocycles. The number of nitrogens with zero attached hydrogens (tertiary/aromatic N) is 2. The summed E-state index contributed by atoms with van der Waals surface area (Å²) in [7, 11) is 0. The molecule has 3 aromatic carbocycles. The number of thioether (sulfide) groups is 1. The van der Waals surface area contributed by atoms with E-state index in [2.05, 4.69) is 10.6 Å². The maximum Gasteiger partial charge on any atom is 0.407 e. The van der Waals surface area contributed by atoms with Crippen LogP contribution in [0.1, 0.15) is 35.4 Å². The van der Waals surface area contributed by atoms with E-state index in [4.69, 9.17) is 4.74 Å². The van der Waals surface area contributed by atoms with Crippen molar-refractivity contribution in [2.45, 2.75) is 30.4 Å². The van der Waals surface area contributed by atoms with E-state index in [1.165, 1.54) is 23.9 Å². The van der Waals surface area contributed by atoms with Gasteiger partial charge < -0.3 is 15.4 Å². The van der Waals surface area contributed by atoms with Gasteiger partial charge in [0, 0.05) is 49.7 Å². The first kappa shape index (κ1) is 29.8. The molecule has 12 heteroatoms. The number of benzene rings is 3. The molecule has 0 radical (unpaired) electrons. The van der Waals surface area contributed by atoms with Gasteiger partial charge in [0.05, 0.1) is 10.2 Å². The number of rotatable bonds is 11. The molecule has 0 aromatic heterocycles. The summed E-state index contributed by atoms with van der Waals surface area (Å²) in [5.74, 6) is -1.07. The molecule has 0 bridgehead atoms. The monoisotopic (exact) mass is 602 g/mol. The number of amides is 4. The van der Waals surface area contributed by atoms with Crippen molar-refractivity contribution >= 4 is 47.0 Å². The Morgan fingerprint density at radius 2 is 1.79 bits per heavy atom. The van der Waals surface area contributed by atoms with Gasteiger partial charge in [-0.2, -0.15) is 11.8 Å². The van der Waals surface area contributed by atoms with Gasteiger partial charge in [0.15, 0.2) is 0 Å². The number of hydrogen-bond donors (Lipinski definition) is 2. The van der Waals surface area contributed by atoms with Crippen molar-refractivity contribution in [2.24, 2.45) is 0 Å². The molecule has 222 valence electrons. The Labute approximate surface area is 252 Å². The SMILES string of the molecule is CSC1CC(=O)N(CCC(=O)Nc2ccc3c(c2)C(COC(=O)NCCc2ccc([N+](=O)[O-])cc2)c2ccccc2-3)C1=O. The summed E-state index contributed by atoms with van der Waals surface area (Å²) in [4.78, 5) is 61.2. The van der Waals surface area contributed by atoms with Gasteiger partial charge in [-0.05, 0) is 52.6 Å². The Balaban J connectivity index is 1.18. The Morgan fingerprint density at radius 1 is 1.05 bits per heavy atom. The molecule has 2 atom stereocenters. The molecule has 2 aliphatic rings. The third kappa shape index (κ3) is 6.69. The number of carbonyl (C=O) groups is 4. The maximum atomic E-state index is 12.7. The molecular weight excluding hydrogens is 572 g/mol. The van der Waals surface area contributed by atoms with Crippen molar-refractivity contribution in [1.82, 2.24) is 10.2 Å². The summed E-state index contributed by atoms with van der Waals surface area (Å²) >= 11 is 1.33. The third-order valence-corrected chi connectivity index (χ3v) is 8.54. The molecule has 1 fully saturated rings. The fraction of sp³-hybridized carbons (Fsp3) is 0.290. The topological polar surface area (TPSA) is 148 Å². The first-order valence-corrected chi connectivity index (χ1v) is 15.1. The van der Waals surface area contributed by atoms with E-state index in [9.17, 15) is 29.3 Å². The van der Waals surface area contributed by atoms with Gasteiger partial charge in [-0.25, -0.2) is 4.79 Å². The third-order valence-electron chi connectivity index (χ3n) is 7.60. The number of fused-ring (bicyclic) bond motifs is 3. The molecule has 1 heterocycles. The van der Waals surface area contributed by atoms with E-state index < -0.39 is 11.0 Å². The number of nitro groups is 1. The largest absolute Gasteiger partial charge is 0.449 e. The van der Waals surface area contributed by atoms with E-state index in [1.54, 1.807) is 24.5 Å². The highest BCUT2D eigenvalue weighted by atomic mass is 32.2. The molecule has 1 saturated heterocycles. The summed E-state index contributed by atoms with van der Waals surface area (Å²) in [5, 5.41) is 16.0. The second-order valence-electron chi connectivity index (χ2n) is 10.3. The number of likely N-dealkylation sites (tertiary alicyclic amines) is 1. The van der Waals surface area contributed by atoms with Crippen LogP contribution in [0.25, 0.3) is 11.1 Å². The molecule has 0 spiro atoms. The van der Waals surface area contributed by atoms with Crippen molar-refractivity contribution in [3.63, 3.8) is 0 Å². The number of ether oxygens (including phenoxy) is 1. The number of carbonyl (C=O) groups excluding carboxylic acids is 4. The number of non-ortho nitro benzene ring substituents is 1. The summed E-state index contributed by atoms with van der Waals surface area (Å²) in [6.07, 6.45) is 1.85. The summed E-state index contributed by atoms with van der Waals surface area (Å²) < 4.78 is 5.58. The first-order chi connectivity index (χ1) is 20.7. The molecule has 11 nitrogen and oxygen atoms in total. The smallest absolute Gasteiger partial charge is 0.407 e. The van der Waals surface area contributed by atoms with Crippen LogP contribution in [0.5, 0.6) is 0 Å². The van der Waals surface area contributed by atoms with Gasteiger partial charge >= 0.3 is 6.09 Å². The maximum absolute atomic E-state index is 12.7. The standard InChI is InChI=1S/C31H30N4O7S/c1-43-27-17-29(37)34(30(27)38)15-13-28(36)33-20-8-11-24-22-4-2-3-5-23(22)26(25(24)16-20)18-42-31(39)32-14-12-19-6-9-21(10-7-19)35(40)41/h2-11,16,26-27H,12-15,17-18H2,1H3,(H,32,39)(H,33,36). The predicted octanol–water partition coefficient (Wildman–Crippen LogP) is 4.50. The average Bonchev–Trinajstić information content (AvgIpc) is 3.46. The normalized spacial score (nSPS) is 16.9. The Bertz CT molecular complexity index is 1580. The fourth-order valence-corrected chi connectivity index (χ4v) is 6.02. The van der Waals surface area contributed by atoms with Gasteiger partial charge in [0.1, 0.15) is 6.61 Å². The van der Waals surface area contributed by atoms with Crippen LogP contribution in [0.4, 0.5) is 16.2 Å². The molecule has 4 amide bonds. The van der Waals surface area contributed by atoms with Gasteiger partial charge in [0.2, 0.25) is 17.7 Å². The van der Waals surface area contributed by atoms with Crippen LogP contribution < -0.4 is 10.6 Å². The van der Waals surface area contributed by atoms with Crippen molar-refractivity contribution in [1.29, 1.82) is 0 Å². The lowest BCUT2D eigenvalue weighted by molar-refractivity contribution is -0.384. The number of imide groups is 1. The minimum atomic E-state index is -0.577. The second kappa shape index (κ2) is 13.1. The molecule has 43 heavy (non-hydrogen) atoms. The van der Waals surface area contributed by atoms with Crippen LogP contribution in [-0.2, 0) is 25.5 Å². The minimum Gasteiger partial charge on any atom is -0.449 e. The number of hydrogen-bond acceptors (Lipinski definition) is 8. The van der Waals surface area contributed by atoms with E-state index in [0.29, 0.717) is 18.7 Å². The predicted molar refractivity (Wildman–Crippen MR) is 162 cm³/mol. The second-order valence-corrected chi connectivity index (χ2v) is 11.3. The van der Waals surface area contributed by atoms with Crippen LogP contribution in [0.15, 0.2) is 66.7 Å². The van der Waals surface area contributed by atoms with Gasteiger partial charge in [-0.1, -0.05) is 42.5 Å². The summed E-state index contributed by atoms with van der Waals surface area (Å²) in [5.41, 5.74) is 5.35. The van der Waals surface area contributed by atoms with Crippen LogP contribution in [0.2, 0.25) is 0 Å². The number of nitro benzene ring substituents is 1. The zero-order valence-corrected chi connectivity index (χ0v) is 24.2. The lowest BCUT2D eigenvalue weighted by atomic mass is 9.97. The Hall–Kier alpha value is -4.71. The molecule has 5 rings (SSSR count). The van der Waals surface area contributed by atoms with E-state index >= 15 is 0 Å². The highest BCUT2D eigenvalue weighted by molar-refractivity contribution is 8.00. The van der Waals surface area contributed by atoms with Crippen molar-refractivity contribution in [2.75, 3.05) is 31.3 Å². The molecule has 3 aromatic rings. The quantitative estimate of drug-likeness (QED) is 0.185. The number of anilines is 1. The zero-order chi connectivity index (χ0) is 30.5. The number of alkyl carbamates (subject to hydrolysis) is 1. The zero-order valence-electron chi connectivity index (χ0n) is 23.4. The van der Waals surface area contributed by atoms with Gasteiger partial charge in [0.25, 0.3) is 5.69 Å². The molecule has 2 unspecified atom stereocenters. The highest BCUT2D eigenvalue weighted by Gasteiger charge is 2.38. The average molecular weight is 603 g/mol. The summed E-state index contributed by atoms with van der Waals surface area (Å²) in [6, 6.07) is 19.6. The van der Waals surface area contributed by atoms with Crippen LogP contribution in [0.3, 0.4) is 0 Å². The van der Waals surface area contributed by atoms with Crippen LogP contribution >= 0.6 is 11.8 Å². The van der Waals surface area contributed by atoms with Gasteiger partial charge in [-0.15, -0.1) is 0 Å². The lowest BCUT2D eigenvalue weighted by Crippen LogP contribution is -2.34.